The van der Waals surface area contributed by atoms with Gasteiger partial charge in [0.15, 0.2) is 0 Å². The molecule has 1 aromatic carbocycles. The first-order valence-corrected chi connectivity index (χ1v) is 9.47. The highest BCUT2D eigenvalue weighted by Gasteiger charge is 2.19. The molecule has 9 nitrogen and oxygen atoms in total. The minimum Gasteiger partial charge on any atom is -0.383 e. The van der Waals surface area contributed by atoms with Gasteiger partial charge in [-0.05, 0) is 25.0 Å². The molecule has 27 heavy (non-hydrogen) atoms. The fourth-order valence-electron chi connectivity index (χ4n) is 2.52. The Kier molecular flexibility index (Phi) is 7.62. The molecule has 0 fully saturated rings. The van der Waals surface area contributed by atoms with Crippen molar-refractivity contribution in [3.05, 3.63) is 38.9 Å². The molecule has 2 N–H and O–H groups in total. The summed E-state index contributed by atoms with van der Waals surface area (Å²) in [5.74, 6) is -0.152. The van der Waals surface area contributed by atoms with E-state index in [-0.39, 0.29) is 11.3 Å². The van der Waals surface area contributed by atoms with Crippen molar-refractivity contribution in [3.63, 3.8) is 0 Å². The summed E-state index contributed by atoms with van der Waals surface area (Å²) in [6, 6.07) is 4.28. The van der Waals surface area contributed by atoms with E-state index in [1.807, 2.05) is 0 Å². The summed E-state index contributed by atoms with van der Waals surface area (Å²) < 4.78 is 4.92. The molecule has 2 rings (SSSR count). The number of carbonyl (C=O) groups is 1. The summed E-state index contributed by atoms with van der Waals surface area (Å²) in [6.07, 6.45) is 1.89. The van der Waals surface area contributed by atoms with E-state index < -0.39 is 10.8 Å². The van der Waals surface area contributed by atoms with Gasteiger partial charge in [0, 0.05) is 31.2 Å². The molecule has 0 atom stereocenters. The van der Waals surface area contributed by atoms with Crippen molar-refractivity contribution in [2.75, 3.05) is 30.9 Å². The molecular formula is C17H23N5O4S. The number of hydrogen-bond donors (Lipinski definition) is 2. The van der Waals surface area contributed by atoms with Crippen LogP contribution in [-0.4, -0.2) is 41.3 Å². The maximum atomic E-state index is 12.4. The molecule has 0 unspecified atom stereocenters. The van der Waals surface area contributed by atoms with Crippen molar-refractivity contribution in [1.29, 1.82) is 0 Å². The predicted molar refractivity (Wildman–Crippen MR) is 105 cm³/mol. The van der Waals surface area contributed by atoms with E-state index in [9.17, 15) is 14.9 Å². The van der Waals surface area contributed by atoms with Gasteiger partial charge in [-0.15, -0.1) is 10.2 Å². The van der Waals surface area contributed by atoms with Crippen LogP contribution in [0.4, 0.5) is 16.5 Å². The van der Waals surface area contributed by atoms with Crippen LogP contribution in [0.2, 0.25) is 0 Å². The van der Waals surface area contributed by atoms with Gasteiger partial charge in [-0.2, -0.15) is 0 Å². The van der Waals surface area contributed by atoms with Crippen LogP contribution in [0.15, 0.2) is 18.2 Å². The van der Waals surface area contributed by atoms with Gasteiger partial charge in [-0.25, -0.2) is 0 Å². The Morgan fingerprint density at radius 1 is 1.33 bits per heavy atom. The van der Waals surface area contributed by atoms with Gasteiger partial charge in [-0.3, -0.25) is 20.2 Å². The Morgan fingerprint density at radius 2 is 2.07 bits per heavy atom. The zero-order chi connectivity index (χ0) is 19.8. The Morgan fingerprint density at radius 3 is 2.70 bits per heavy atom. The molecule has 1 aromatic heterocycles. The van der Waals surface area contributed by atoms with Gasteiger partial charge in [0.05, 0.1) is 11.5 Å². The number of aromatic nitrogens is 2. The second-order valence-corrected chi connectivity index (χ2v) is 6.83. The van der Waals surface area contributed by atoms with Crippen molar-refractivity contribution in [1.82, 2.24) is 10.2 Å². The number of methoxy groups -OCH3 is 1. The van der Waals surface area contributed by atoms with Gasteiger partial charge in [0.25, 0.3) is 11.6 Å². The smallest absolute Gasteiger partial charge is 0.293 e. The summed E-state index contributed by atoms with van der Waals surface area (Å²) in [5.41, 5.74) is 0.340. The van der Waals surface area contributed by atoms with E-state index >= 15 is 0 Å². The van der Waals surface area contributed by atoms with Gasteiger partial charge < -0.3 is 10.1 Å². The topological polar surface area (TPSA) is 119 Å². The Balaban J connectivity index is 2.14. The number of benzene rings is 1. The normalized spacial score (nSPS) is 10.8. The highest BCUT2D eigenvalue weighted by Crippen LogP contribution is 2.29. The average Bonchev–Trinajstić information content (AvgIpc) is 3.11. The molecule has 1 heterocycles. The number of nitrogens with zero attached hydrogens (tertiary/aromatic N) is 3. The highest BCUT2D eigenvalue weighted by molar-refractivity contribution is 7.15. The third-order valence-corrected chi connectivity index (χ3v) is 5.08. The minimum atomic E-state index is -0.526. The van der Waals surface area contributed by atoms with Crippen LogP contribution in [0.3, 0.4) is 0 Å². The maximum absolute atomic E-state index is 12.4. The van der Waals surface area contributed by atoms with Gasteiger partial charge >= 0.3 is 0 Å². The van der Waals surface area contributed by atoms with Crippen LogP contribution < -0.4 is 10.6 Å². The van der Waals surface area contributed by atoms with Crippen molar-refractivity contribution in [2.45, 2.75) is 32.6 Å². The van der Waals surface area contributed by atoms with Gasteiger partial charge in [-0.1, -0.05) is 25.2 Å². The zero-order valence-corrected chi connectivity index (χ0v) is 16.3. The lowest BCUT2D eigenvalue weighted by Crippen LogP contribution is -2.13. The predicted octanol–water partition coefficient (Wildman–Crippen LogP) is 3.66. The Labute approximate surface area is 161 Å². The maximum Gasteiger partial charge on any atom is 0.293 e. The minimum absolute atomic E-state index is 0.172. The van der Waals surface area contributed by atoms with Crippen LogP contribution in [-0.2, 0) is 4.74 Å². The molecule has 0 bridgehead atoms. The monoisotopic (exact) mass is 393 g/mol. The number of carbonyl (C=O) groups excluding carboxylic acids is 1. The molecule has 0 aliphatic carbocycles. The molecule has 0 saturated heterocycles. The molecular weight excluding hydrogens is 370 g/mol. The molecule has 0 saturated carbocycles. The number of amides is 1. The van der Waals surface area contributed by atoms with Crippen LogP contribution >= 0.6 is 11.3 Å². The third kappa shape index (κ3) is 5.44. The fourth-order valence-corrected chi connectivity index (χ4v) is 3.52. The van der Waals surface area contributed by atoms with E-state index in [4.69, 9.17) is 4.74 Å². The summed E-state index contributed by atoms with van der Waals surface area (Å²) in [6.45, 7) is 4.99. The zero-order valence-electron chi connectivity index (χ0n) is 15.5. The highest BCUT2D eigenvalue weighted by atomic mass is 32.1. The molecule has 2 aromatic rings. The Bertz CT molecular complexity index is 791. The second kappa shape index (κ2) is 9.93. The number of nitro groups is 1. The van der Waals surface area contributed by atoms with Crippen molar-refractivity contribution in [3.8, 4) is 0 Å². The summed E-state index contributed by atoms with van der Waals surface area (Å²) >= 11 is 1.33. The lowest BCUT2D eigenvalue weighted by atomic mass is 10.1. The quantitative estimate of drug-likeness (QED) is 0.359. The second-order valence-electron chi connectivity index (χ2n) is 5.82. The molecule has 0 aliphatic rings. The molecule has 10 heteroatoms. The summed E-state index contributed by atoms with van der Waals surface area (Å²) in [5, 5.41) is 26.3. The first kappa shape index (κ1) is 20.7. The van der Waals surface area contributed by atoms with E-state index in [1.165, 1.54) is 29.5 Å². The lowest BCUT2D eigenvalue weighted by molar-refractivity contribution is -0.384. The average molecular weight is 393 g/mol. The molecule has 146 valence electrons. The first-order valence-electron chi connectivity index (χ1n) is 8.66. The van der Waals surface area contributed by atoms with Crippen molar-refractivity contribution in [2.24, 2.45) is 0 Å². The van der Waals surface area contributed by atoms with Crippen LogP contribution in [0.1, 0.15) is 48.0 Å². The number of nitro benzene ring substituents is 1. The molecule has 0 spiro atoms. The SMILES string of the molecule is CCC(CC)c1nnc(NC(=O)c2ccc(NCCOC)c([N+](=O)[O-])c2)s1. The number of rotatable bonds is 10. The number of nitrogens with one attached hydrogen (secondary N) is 2. The third-order valence-electron chi connectivity index (χ3n) is 4.07. The van der Waals surface area contributed by atoms with E-state index in [2.05, 4.69) is 34.7 Å². The van der Waals surface area contributed by atoms with Crippen LogP contribution in [0.5, 0.6) is 0 Å². The van der Waals surface area contributed by atoms with E-state index in [0.29, 0.717) is 29.9 Å². The molecule has 1 amide bonds. The number of anilines is 2. The molecule has 0 aliphatic heterocycles. The first-order chi connectivity index (χ1) is 13.0. The number of hydrogen-bond acceptors (Lipinski definition) is 8. The van der Waals surface area contributed by atoms with E-state index in [1.54, 1.807) is 7.11 Å². The largest absolute Gasteiger partial charge is 0.383 e. The van der Waals surface area contributed by atoms with E-state index in [0.717, 1.165) is 17.8 Å². The summed E-state index contributed by atoms with van der Waals surface area (Å²) in [7, 11) is 1.55. The van der Waals surface area contributed by atoms with Crippen LogP contribution in [0, 0.1) is 10.1 Å². The molecule has 0 radical (unpaired) electrons. The van der Waals surface area contributed by atoms with Gasteiger partial charge in [0.1, 0.15) is 10.7 Å². The van der Waals surface area contributed by atoms with Crippen molar-refractivity contribution < 1.29 is 14.5 Å². The van der Waals surface area contributed by atoms with Crippen molar-refractivity contribution >= 4 is 33.8 Å². The fraction of sp³-hybridized carbons (Fsp3) is 0.471. The van der Waals surface area contributed by atoms with Crippen LogP contribution in [0.25, 0.3) is 0 Å². The Hall–Kier alpha value is -2.59. The standard InChI is InChI=1S/C17H23N5O4S/c1-4-11(5-2)16-20-21-17(27-16)19-15(23)12-6-7-13(18-8-9-26-3)14(10-12)22(24)25/h6-7,10-11,18H,4-5,8-9H2,1-3H3,(H,19,21,23). The summed E-state index contributed by atoms with van der Waals surface area (Å²) in [4.78, 5) is 23.2. The lowest BCUT2D eigenvalue weighted by Gasteiger charge is -2.08. The van der Waals surface area contributed by atoms with Gasteiger partial charge in [0.2, 0.25) is 5.13 Å². The number of ether oxygens (including phenoxy) is 1.